The fraction of sp³-hybridized carbons (Fsp3) is 0.0769. The van der Waals surface area contributed by atoms with E-state index in [1.807, 2.05) is 84.2 Å². The number of aromatic nitrogens is 1. The minimum absolute atomic E-state index is 0.231. The molecule has 4 rings (SSSR count). The maximum absolute atomic E-state index is 12.3. The quantitative estimate of drug-likeness (QED) is 0.338. The van der Waals surface area contributed by atoms with Gasteiger partial charge in [-0.05, 0) is 53.6 Å². The average molecular weight is 443 g/mol. The molecule has 0 aliphatic heterocycles. The zero-order valence-electron chi connectivity index (χ0n) is 17.5. The van der Waals surface area contributed by atoms with E-state index < -0.39 is 0 Å². The molecule has 0 unspecified atom stereocenters. The lowest BCUT2D eigenvalue weighted by molar-refractivity contribution is -0.111. The monoisotopic (exact) mass is 442 g/mol. The van der Waals surface area contributed by atoms with Crippen LogP contribution in [0.25, 0.3) is 17.3 Å². The molecule has 0 fully saturated rings. The number of nitrogens with zero attached hydrogens (tertiary/aromatic N) is 1. The molecule has 1 heterocycles. The Balaban J connectivity index is 1.30. The molecule has 3 aromatic carbocycles. The molecule has 0 spiro atoms. The summed E-state index contributed by atoms with van der Waals surface area (Å²) in [5.74, 6) is 1.34. The third kappa shape index (κ3) is 5.83. The maximum Gasteiger partial charge on any atom is 0.250 e. The van der Waals surface area contributed by atoms with Crippen LogP contribution in [0.2, 0.25) is 0 Å². The number of hydrogen-bond acceptors (Lipinski definition) is 5. The summed E-state index contributed by atoms with van der Waals surface area (Å²) in [6, 6.07) is 25.3. The Hall–Kier alpha value is -3.90. The molecule has 0 saturated heterocycles. The van der Waals surface area contributed by atoms with Gasteiger partial charge in [-0.2, -0.15) is 0 Å². The van der Waals surface area contributed by atoms with E-state index >= 15 is 0 Å². The summed E-state index contributed by atoms with van der Waals surface area (Å²) in [5.41, 5.74) is 3.80. The topological polar surface area (TPSA) is 60.5 Å². The third-order valence-electron chi connectivity index (χ3n) is 4.68. The lowest BCUT2D eigenvalue weighted by Gasteiger charge is -2.06. The molecular weight excluding hydrogens is 420 g/mol. The Morgan fingerprint density at radius 2 is 1.69 bits per heavy atom. The Labute approximate surface area is 191 Å². The van der Waals surface area contributed by atoms with Gasteiger partial charge in [0, 0.05) is 17.0 Å². The molecule has 0 bridgehead atoms. The van der Waals surface area contributed by atoms with Crippen LogP contribution in [0.4, 0.5) is 5.13 Å². The van der Waals surface area contributed by atoms with Crippen molar-refractivity contribution in [3.8, 4) is 22.8 Å². The van der Waals surface area contributed by atoms with Crippen molar-refractivity contribution in [3.63, 3.8) is 0 Å². The highest BCUT2D eigenvalue weighted by atomic mass is 32.1. The lowest BCUT2D eigenvalue weighted by atomic mass is 10.2. The van der Waals surface area contributed by atoms with E-state index in [1.54, 1.807) is 13.2 Å². The van der Waals surface area contributed by atoms with E-state index in [4.69, 9.17) is 9.47 Å². The van der Waals surface area contributed by atoms with Crippen molar-refractivity contribution < 1.29 is 14.3 Å². The summed E-state index contributed by atoms with van der Waals surface area (Å²) < 4.78 is 11.0. The van der Waals surface area contributed by atoms with E-state index in [1.165, 1.54) is 17.4 Å². The Bertz CT molecular complexity index is 1180. The number of hydrogen-bond donors (Lipinski definition) is 1. The van der Waals surface area contributed by atoms with Crippen LogP contribution in [0.15, 0.2) is 90.3 Å². The van der Waals surface area contributed by atoms with Crippen molar-refractivity contribution >= 4 is 28.5 Å². The van der Waals surface area contributed by atoms with Crippen molar-refractivity contribution in [2.75, 3.05) is 12.4 Å². The van der Waals surface area contributed by atoms with Gasteiger partial charge in [0.2, 0.25) is 5.91 Å². The van der Waals surface area contributed by atoms with Gasteiger partial charge in [-0.3, -0.25) is 10.1 Å². The summed E-state index contributed by atoms with van der Waals surface area (Å²) >= 11 is 1.39. The second kappa shape index (κ2) is 10.4. The zero-order chi connectivity index (χ0) is 22.2. The van der Waals surface area contributed by atoms with Crippen LogP contribution in [0.3, 0.4) is 0 Å². The zero-order valence-corrected chi connectivity index (χ0v) is 18.3. The van der Waals surface area contributed by atoms with Gasteiger partial charge in [0.05, 0.1) is 12.8 Å². The number of methoxy groups -OCH3 is 1. The number of ether oxygens (including phenoxy) is 2. The lowest BCUT2D eigenvalue weighted by Crippen LogP contribution is -2.07. The molecule has 0 saturated carbocycles. The Morgan fingerprint density at radius 3 is 2.41 bits per heavy atom. The maximum atomic E-state index is 12.3. The van der Waals surface area contributed by atoms with Crippen LogP contribution in [-0.2, 0) is 11.4 Å². The van der Waals surface area contributed by atoms with E-state index in [-0.39, 0.29) is 5.91 Å². The van der Waals surface area contributed by atoms with E-state index in [9.17, 15) is 4.79 Å². The Kier molecular flexibility index (Phi) is 6.94. The summed E-state index contributed by atoms with van der Waals surface area (Å²) in [6.07, 6.45) is 3.25. The molecule has 1 aromatic heterocycles. The van der Waals surface area contributed by atoms with Gasteiger partial charge in [-0.1, -0.05) is 42.5 Å². The minimum atomic E-state index is -0.231. The molecule has 1 N–H and O–H groups in total. The number of nitrogens with one attached hydrogen (secondary N) is 1. The molecule has 6 heteroatoms. The number of amides is 1. The first kappa shape index (κ1) is 21.3. The molecular formula is C26H22N2O3S. The van der Waals surface area contributed by atoms with Crippen molar-refractivity contribution in [3.05, 3.63) is 101 Å². The van der Waals surface area contributed by atoms with Crippen molar-refractivity contribution in [1.82, 2.24) is 4.98 Å². The summed E-state index contributed by atoms with van der Waals surface area (Å²) in [6.45, 7) is 0.519. The second-order valence-electron chi connectivity index (χ2n) is 6.93. The molecule has 1 amide bonds. The van der Waals surface area contributed by atoms with Gasteiger partial charge < -0.3 is 9.47 Å². The minimum Gasteiger partial charge on any atom is -0.497 e. The smallest absolute Gasteiger partial charge is 0.250 e. The predicted molar refractivity (Wildman–Crippen MR) is 129 cm³/mol. The average Bonchev–Trinajstić information content (AvgIpc) is 3.31. The van der Waals surface area contributed by atoms with Crippen molar-refractivity contribution in [2.24, 2.45) is 0 Å². The van der Waals surface area contributed by atoms with Gasteiger partial charge in [0.15, 0.2) is 5.13 Å². The molecule has 160 valence electrons. The molecule has 4 aromatic rings. The third-order valence-corrected chi connectivity index (χ3v) is 5.43. The highest BCUT2D eigenvalue weighted by Gasteiger charge is 2.07. The van der Waals surface area contributed by atoms with Crippen LogP contribution < -0.4 is 14.8 Å². The highest BCUT2D eigenvalue weighted by molar-refractivity contribution is 7.14. The van der Waals surface area contributed by atoms with Gasteiger partial charge in [-0.15, -0.1) is 11.3 Å². The van der Waals surface area contributed by atoms with Crippen LogP contribution in [-0.4, -0.2) is 18.0 Å². The van der Waals surface area contributed by atoms with Crippen molar-refractivity contribution in [2.45, 2.75) is 6.61 Å². The summed E-state index contributed by atoms with van der Waals surface area (Å²) in [7, 11) is 1.63. The number of benzene rings is 3. The van der Waals surface area contributed by atoms with E-state index in [2.05, 4.69) is 10.3 Å². The van der Waals surface area contributed by atoms with Gasteiger partial charge in [0.1, 0.15) is 18.1 Å². The number of anilines is 1. The van der Waals surface area contributed by atoms with Gasteiger partial charge in [0.25, 0.3) is 0 Å². The molecule has 32 heavy (non-hydrogen) atoms. The number of rotatable bonds is 8. The van der Waals surface area contributed by atoms with Crippen molar-refractivity contribution in [1.29, 1.82) is 0 Å². The van der Waals surface area contributed by atoms with Gasteiger partial charge in [-0.25, -0.2) is 4.98 Å². The SMILES string of the molecule is COc1ccc(-c2csc(NC(=O)/C=C/c3ccc(OCc4ccccc4)cc3)n2)cc1. The fourth-order valence-electron chi connectivity index (χ4n) is 2.96. The highest BCUT2D eigenvalue weighted by Crippen LogP contribution is 2.26. The first-order chi connectivity index (χ1) is 15.7. The molecule has 5 nitrogen and oxygen atoms in total. The van der Waals surface area contributed by atoms with Gasteiger partial charge >= 0.3 is 0 Å². The largest absolute Gasteiger partial charge is 0.497 e. The predicted octanol–water partition coefficient (Wildman–Crippen LogP) is 6.05. The number of carbonyl (C=O) groups is 1. The normalized spacial score (nSPS) is 10.8. The first-order valence-electron chi connectivity index (χ1n) is 10.1. The molecule has 0 aliphatic carbocycles. The van der Waals surface area contributed by atoms with E-state index in [0.29, 0.717) is 11.7 Å². The molecule has 0 radical (unpaired) electrons. The van der Waals surface area contributed by atoms with E-state index in [0.717, 1.165) is 33.9 Å². The molecule has 0 aliphatic rings. The second-order valence-corrected chi connectivity index (χ2v) is 7.79. The van der Waals surface area contributed by atoms with Crippen LogP contribution in [0.1, 0.15) is 11.1 Å². The standard InChI is InChI=1S/C26H22N2O3S/c1-30-22-14-10-21(11-15-22)24-18-32-26(27-24)28-25(29)16-9-19-7-12-23(13-8-19)31-17-20-5-3-2-4-6-20/h2-16,18H,17H2,1H3,(H,27,28,29)/b16-9+. The first-order valence-corrected chi connectivity index (χ1v) is 10.9. The van der Waals surface area contributed by atoms with Crippen LogP contribution in [0, 0.1) is 0 Å². The molecule has 0 atom stereocenters. The Morgan fingerprint density at radius 1 is 0.969 bits per heavy atom. The van der Waals surface area contributed by atoms with Crippen LogP contribution in [0.5, 0.6) is 11.5 Å². The number of carbonyl (C=O) groups excluding carboxylic acids is 1. The summed E-state index contributed by atoms with van der Waals surface area (Å²) in [5, 5.41) is 5.27. The number of thiazole rings is 1. The van der Waals surface area contributed by atoms with Crippen LogP contribution >= 0.6 is 11.3 Å². The fourth-order valence-corrected chi connectivity index (χ4v) is 3.68. The summed E-state index contributed by atoms with van der Waals surface area (Å²) in [4.78, 5) is 16.8.